The minimum atomic E-state index is -0.473. The minimum Gasteiger partial charge on any atom is -0.378 e. The van der Waals surface area contributed by atoms with Crippen molar-refractivity contribution in [2.45, 2.75) is 0 Å². The van der Waals surface area contributed by atoms with Crippen molar-refractivity contribution in [3.8, 4) is 0 Å². The molecule has 1 fully saturated rings. The standard InChI is InChI=1S/C13H14N4O2/c14-13(18)11-6-10(17-1-3-19-4-2-17)5-9-7-15-8-16-12(9)11/h5-8H,1-4H2,(H2,14,18). The quantitative estimate of drug-likeness (QED) is 0.851. The van der Waals surface area contributed by atoms with Crippen molar-refractivity contribution in [1.29, 1.82) is 0 Å². The number of amides is 1. The van der Waals surface area contributed by atoms with Gasteiger partial charge in [0.25, 0.3) is 5.91 Å². The van der Waals surface area contributed by atoms with Gasteiger partial charge < -0.3 is 15.4 Å². The first-order valence-electron chi connectivity index (χ1n) is 6.12. The highest BCUT2D eigenvalue weighted by molar-refractivity contribution is 6.06. The number of benzene rings is 1. The lowest BCUT2D eigenvalue weighted by atomic mass is 10.1. The highest BCUT2D eigenvalue weighted by Crippen LogP contribution is 2.24. The third kappa shape index (κ3) is 2.22. The van der Waals surface area contributed by atoms with Gasteiger partial charge in [0.1, 0.15) is 6.33 Å². The number of primary amides is 1. The minimum absolute atomic E-state index is 0.432. The van der Waals surface area contributed by atoms with E-state index in [-0.39, 0.29) is 0 Å². The summed E-state index contributed by atoms with van der Waals surface area (Å²) in [6.07, 6.45) is 3.11. The molecule has 2 N–H and O–H groups in total. The molecule has 0 radical (unpaired) electrons. The normalized spacial score (nSPS) is 15.7. The third-order valence-corrected chi connectivity index (χ3v) is 3.23. The molecule has 6 heteroatoms. The van der Waals surface area contributed by atoms with E-state index in [9.17, 15) is 4.79 Å². The van der Waals surface area contributed by atoms with Crippen molar-refractivity contribution in [3.05, 3.63) is 30.2 Å². The Bertz CT molecular complexity index is 623. The molecule has 1 aromatic heterocycles. The fraction of sp³-hybridized carbons (Fsp3) is 0.308. The van der Waals surface area contributed by atoms with Gasteiger partial charge in [-0.05, 0) is 12.1 Å². The Hall–Kier alpha value is -2.21. The second kappa shape index (κ2) is 4.81. The number of anilines is 1. The van der Waals surface area contributed by atoms with E-state index in [1.54, 1.807) is 12.3 Å². The van der Waals surface area contributed by atoms with E-state index in [4.69, 9.17) is 10.5 Å². The van der Waals surface area contributed by atoms with E-state index in [1.807, 2.05) is 6.07 Å². The number of nitrogens with two attached hydrogens (primary N) is 1. The Kier molecular flexibility index (Phi) is 3.00. The summed E-state index contributed by atoms with van der Waals surface area (Å²) in [5, 5.41) is 0.820. The average molecular weight is 258 g/mol. The van der Waals surface area contributed by atoms with E-state index in [1.165, 1.54) is 6.33 Å². The maximum atomic E-state index is 11.6. The van der Waals surface area contributed by atoms with Gasteiger partial charge in [0, 0.05) is 30.4 Å². The van der Waals surface area contributed by atoms with Gasteiger partial charge in [-0.3, -0.25) is 4.79 Å². The molecule has 1 aromatic carbocycles. The molecule has 0 unspecified atom stereocenters. The first-order valence-corrected chi connectivity index (χ1v) is 6.12. The largest absolute Gasteiger partial charge is 0.378 e. The third-order valence-electron chi connectivity index (χ3n) is 3.23. The van der Waals surface area contributed by atoms with Gasteiger partial charge in [-0.15, -0.1) is 0 Å². The van der Waals surface area contributed by atoms with Crippen LogP contribution in [-0.4, -0.2) is 42.2 Å². The number of morpholine rings is 1. The van der Waals surface area contributed by atoms with Crippen LogP contribution in [-0.2, 0) is 4.74 Å². The summed E-state index contributed by atoms with van der Waals surface area (Å²) in [7, 11) is 0. The zero-order valence-electron chi connectivity index (χ0n) is 10.4. The number of hydrogen-bond donors (Lipinski definition) is 1. The summed E-state index contributed by atoms with van der Waals surface area (Å²) < 4.78 is 5.33. The second-order valence-electron chi connectivity index (χ2n) is 4.42. The van der Waals surface area contributed by atoms with Crippen LogP contribution >= 0.6 is 0 Å². The lowest BCUT2D eigenvalue weighted by molar-refractivity contribution is 0.100. The molecule has 1 aliphatic heterocycles. The number of carbonyl (C=O) groups is 1. The molecule has 1 aliphatic rings. The van der Waals surface area contributed by atoms with Crippen molar-refractivity contribution in [2.24, 2.45) is 5.73 Å². The van der Waals surface area contributed by atoms with Gasteiger partial charge in [-0.1, -0.05) is 0 Å². The summed E-state index contributed by atoms with van der Waals surface area (Å²) in [5.41, 5.74) is 7.42. The Balaban J connectivity index is 2.12. The number of rotatable bonds is 2. The van der Waals surface area contributed by atoms with Crippen LogP contribution in [0.4, 0.5) is 5.69 Å². The van der Waals surface area contributed by atoms with E-state index in [0.717, 1.165) is 24.2 Å². The Labute approximate surface area is 110 Å². The summed E-state index contributed by atoms with van der Waals surface area (Å²) in [6, 6.07) is 3.77. The van der Waals surface area contributed by atoms with Crippen LogP contribution < -0.4 is 10.6 Å². The molecule has 0 aliphatic carbocycles. The molecule has 0 bridgehead atoms. The number of nitrogens with zero attached hydrogens (tertiary/aromatic N) is 3. The number of aromatic nitrogens is 2. The molecule has 2 aromatic rings. The maximum absolute atomic E-state index is 11.6. The predicted molar refractivity (Wildman–Crippen MR) is 71.1 cm³/mol. The molecule has 2 heterocycles. The maximum Gasteiger partial charge on any atom is 0.250 e. The molecule has 6 nitrogen and oxygen atoms in total. The molecule has 3 rings (SSSR count). The van der Waals surface area contributed by atoms with Gasteiger partial charge in [0.15, 0.2) is 0 Å². The Morgan fingerprint density at radius 1 is 1.32 bits per heavy atom. The summed E-state index contributed by atoms with van der Waals surface area (Å²) in [6.45, 7) is 2.99. The van der Waals surface area contributed by atoms with Crippen LogP contribution in [0.25, 0.3) is 10.9 Å². The molecular weight excluding hydrogens is 244 g/mol. The van der Waals surface area contributed by atoms with Gasteiger partial charge in [0.05, 0.1) is 24.3 Å². The predicted octanol–water partition coefficient (Wildman–Crippen LogP) is 0.565. The van der Waals surface area contributed by atoms with Gasteiger partial charge >= 0.3 is 0 Å². The van der Waals surface area contributed by atoms with Crippen LogP contribution in [0, 0.1) is 0 Å². The van der Waals surface area contributed by atoms with Crippen molar-refractivity contribution in [1.82, 2.24) is 9.97 Å². The first-order chi connectivity index (χ1) is 9.25. The second-order valence-corrected chi connectivity index (χ2v) is 4.42. The topological polar surface area (TPSA) is 81.3 Å². The van der Waals surface area contributed by atoms with Gasteiger partial charge in [0.2, 0.25) is 0 Å². The zero-order chi connectivity index (χ0) is 13.2. The monoisotopic (exact) mass is 258 g/mol. The first kappa shape index (κ1) is 11.9. The molecule has 19 heavy (non-hydrogen) atoms. The Morgan fingerprint density at radius 3 is 2.84 bits per heavy atom. The highest BCUT2D eigenvalue weighted by atomic mass is 16.5. The lowest BCUT2D eigenvalue weighted by Gasteiger charge is -2.29. The van der Waals surface area contributed by atoms with Crippen LogP contribution in [0.5, 0.6) is 0 Å². The van der Waals surface area contributed by atoms with Crippen LogP contribution in [0.1, 0.15) is 10.4 Å². The molecule has 0 spiro atoms. The van der Waals surface area contributed by atoms with Crippen LogP contribution in [0.15, 0.2) is 24.7 Å². The zero-order valence-corrected chi connectivity index (χ0v) is 10.4. The lowest BCUT2D eigenvalue weighted by Crippen LogP contribution is -2.36. The fourth-order valence-corrected chi connectivity index (χ4v) is 2.28. The summed E-state index contributed by atoms with van der Waals surface area (Å²) >= 11 is 0. The molecule has 98 valence electrons. The molecule has 1 saturated heterocycles. The van der Waals surface area contributed by atoms with E-state index in [2.05, 4.69) is 14.9 Å². The smallest absolute Gasteiger partial charge is 0.250 e. The molecule has 1 amide bonds. The highest BCUT2D eigenvalue weighted by Gasteiger charge is 2.16. The molecular formula is C13H14N4O2. The van der Waals surface area contributed by atoms with Crippen LogP contribution in [0.2, 0.25) is 0 Å². The fourth-order valence-electron chi connectivity index (χ4n) is 2.28. The number of ether oxygens (including phenoxy) is 1. The van der Waals surface area contributed by atoms with Gasteiger partial charge in [-0.25, -0.2) is 9.97 Å². The SMILES string of the molecule is NC(=O)c1cc(N2CCOCC2)cc2cncnc12. The van der Waals surface area contributed by atoms with E-state index < -0.39 is 5.91 Å². The van der Waals surface area contributed by atoms with E-state index in [0.29, 0.717) is 24.3 Å². The number of carbonyl (C=O) groups excluding carboxylic acids is 1. The number of fused-ring (bicyclic) bond motifs is 1. The summed E-state index contributed by atoms with van der Waals surface area (Å²) in [5.74, 6) is -0.473. The van der Waals surface area contributed by atoms with E-state index >= 15 is 0 Å². The van der Waals surface area contributed by atoms with Crippen molar-refractivity contribution >= 4 is 22.5 Å². The molecule has 0 saturated carbocycles. The average Bonchev–Trinajstić information content (AvgIpc) is 2.47. The van der Waals surface area contributed by atoms with Crippen molar-refractivity contribution in [3.63, 3.8) is 0 Å². The Morgan fingerprint density at radius 2 is 2.11 bits per heavy atom. The van der Waals surface area contributed by atoms with Crippen molar-refractivity contribution < 1.29 is 9.53 Å². The van der Waals surface area contributed by atoms with Crippen molar-refractivity contribution in [2.75, 3.05) is 31.2 Å². The summed E-state index contributed by atoms with van der Waals surface area (Å²) in [4.78, 5) is 21.9. The number of hydrogen-bond acceptors (Lipinski definition) is 5. The molecule has 0 atom stereocenters. The van der Waals surface area contributed by atoms with Crippen LogP contribution in [0.3, 0.4) is 0 Å². The van der Waals surface area contributed by atoms with Gasteiger partial charge in [-0.2, -0.15) is 0 Å².